The fourth-order valence-electron chi connectivity index (χ4n) is 3.57. The third-order valence-electron chi connectivity index (χ3n) is 4.97. The minimum absolute atomic E-state index is 0.0774. The summed E-state index contributed by atoms with van der Waals surface area (Å²) in [6.07, 6.45) is 7.99. The highest BCUT2D eigenvalue weighted by Crippen LogP contribution is 2.21. The second-order valence-electron chi connectivity index (χ2n) is 7.08. The van der Waals surface area contributed by atoms with Crippen LogP contribution in [0, 0.1) is 0 Å². The van der Waals surface area contributed by atoms with Gasteiger partial charge in [-0.15, -0.1) is 0 Å². The molecular weight excluding hydrogens is 350 g/mol. The third kappa shape index (κ3) is 3.71. The molecule has 0 amide bonds. The van der Waals surface area contributed by atoms with E-state index in [0.29, 0.717) is 0 Å². The largest absolute Gasteiger partial charge is 0.357 e. The molecule has 0 aliphatic carbocycles. The van der Waals surface area contributed by atoms with Crippen LogP contribution in [0.3, 0.4) is 0 Å². The monoisotopic (exact) mass is 373 g/mol. The number of fused-ring (bicyclic) bond motifs is 1. The molecule has 26 heavy (non-hydrogen) atoms. The molecule has 0 bridgehead atoms. The van der Waals surface area contributed by atoms with Crippen molar-refractivity contribution in [1.82, 2.24) is 19.9 Å². The van der Waals surface area contributed by atoms with E-state index in [1.54, 1.807) is 6.20 Å². The number of rotatable bonds is 4. The topological polar surface area (TPSA) is 79.3 Å². The SMILES string of the molecule is CS(=O)(=O)c1ncc2c(n1)CCN(Cc1ccc(N3CCCC3)nc1)C2. The first-order valence-electron chi connectivity index (χ1n) is 8.96. The smallest absolute Gasteiger partial charge is 0.246 e. The molecule has 8 heteroatoms. The van der Waals surface area contributed by atoms with Crippen LogP contribution in [0.5, 0.6) is 0 Å². The summed E-state index contributed by atoms with van der Waals surface area (Å²) >= 11 is 0. The van der Waals surface area contributed by atoms with Gasteiger partial charge in [0.1, 0.15) is 5.82 Å². The average Bonchev–Trinajstić information content (AvgIpc) is 3.16. The normalized spacial score (nSPS) is 18.1. The zero-order valence-electron chi connectivity index (χ0n) is 14.9. The van der Waals surface area contributed by atoms with Gasteiger partial charge in [-0.05, 0) is 24.5 Å². The Kier molecular flexibility index (Phi) is 4.62. The van der Waals surface area contributed by atoms with Crippen LogP contribution in [-0.4, -0.2) is 54.2 Å². The highest BCUT2D eigenvalue weighted by atomic mass is 32.2. The van der Waals surface area contributed by atoms with Gasteiger partial charge in [0.25, 0.3) is 0 Å². The maximum atomic E-state index is 11.6. The second-order valence-corrected chi connectivity index (χ2v) is 8.99. The summed E-state index contributed by atoms with van der Waals surface area (Å²) in [7, 11) is -3.36. The summed E-state index contributed by atoms with van der Waals surface area (Å²) in [5, 5.41) is -0.0774. The van der Waals surface area contributed by atoms with Crippen molar-refractivity contribution in [2.24, 2.45) is 0 Å². The summed E-state index contributed by atoms with van der Waals surface area (Å²) < 4.78 is 23.2. The molecule has 7 nitrogen and oxygen atoms in total. The predicted molar refractivity (Wildman–Crippen MR) is 98.6 cm³/mol. The number of hydrogen-bond donors (Lipinski definition) is 0. The lowest BCUT2D eigenvalue weighted by atomic mass is 10.1. The van der Waals surface area contributed by atoms with Crippen molar-refractivity contribution >= 4 is 15.7 Å². The van der Waals surface area contributed by atoms with E-state index >= 15 is 0 Å². The van der Waals surface area contributed by atoms with Crippen molar-refractivity contribution in [3.05, 3.63) is 41.3 Å². The third-order valence-corrected chi connectivity index (χ3v) is 5.83. The first-order chi connectivity index (χ1) is 12.5. The van der Waals surface area contributed by atoms with Gasteiger partial charge in [0.05, 0.1) is 5.69 Å². The zero-order valence-corrected chi connectivity index (χ0v) is 15.7. The van der Waals surface area contributed by atoms with Crippen molar-refractivity contribution in [2.75, 3.05) is 30.8 Å². The minimum Gasteiger partial charge on any atom is -0.357 e. The Morgan fingerprint density at radius 2 is 1.88 bits per heavy atom. The lowest BCUT2D eigenvalue weighted by Crippen LogP contribution is -2.31. The van der Waals surface area contributed by atoms with E-state index in [1.165, 1.54) is 18.4 Å². The maximum Gasteiger partial charge on any atom is 0.246 e. The molecule has 0 aromatic carbocycles. The van der Waals surface area contributed by atoms with Crippen molar-refractivity contribution in [1.29, 1.82) is 0 Å². The molecule has 0 N–H and O–H groups in total. The number of hydrogen-bond acceptors (Lipinski definition) is 7. The summed E-state index contributed by atoms with van der Waals surface area (Å²) in [4.78, 5) is 17.5. The first kappa shape index (κ1) is 17.4. The molecule has 1 fully saturated rings. The number of pyridine rings is 1. The fourth-order valence-corrected chi connectivity index (χ4v) is 4.09. The molecule has 2 aromatic heterocycles. The van der Waals surface area contributed by atoms with E-state index in [0.717, 1.165) is 62.5 Å². The number of sulfone groups is 1. The Balaban J connectivity index is 1.42. The van der Waals surface area contributed by atoms with Crippen LogP contribution in [0.4, 0.5) is 5.82 Å². The molecule has 1 saturated heterocycles. The molecule has 2 aromatic rings. The average molecular weight is 373 g/mol. The van der Waals surface area contributed by atoms with Gasteiger partial charge in [-0.1, -0.05) is 6.07 Å². The van der Waals surface area contributed by atoms with Gasteiger partial charge in [0.15, 0.2) is 0 Å². The van der Waals surface area contributed by atoms with Crippen LogP contribution in [0.15, 0.2) is 29.7 Å². The Bertz CT molecular complexity index is 892. The van der Waals surface area contributed by atoms with Crippen LogP contribution in [0.2, 0.25) is 0 Å². The second kappa shape index (κ2) is 6.92. The quantitative estimate of drug-likeness (QED) is 0.750. The highest BCUT2D eigenvalue weighted by Gasteiger charge is 2.21. The molecule has 0 unspecified atom stereocenters. The summed E-state index contributed by atoms with van der Waals surface area (Å²) in [5.41, 5.74) is 3.04. The van der Waals surface area contributed by atoms with E-state index in [1.807, 2.05) is 6.20 Å². The van der Waals surface area contributed by atoms with E-state index in [9.17, 15) is 8.42 Å². The molecule has 0 saturated carbocycles. The first-order valence-corrected chi connectivity index (χ1v) is 10.9. The Morgan fingerprint density at radius 1 is 1.08 bits per heavy atom. The van der Waals surface area contributed by atoms with Crippen molar-refractivity contribution in [3.63, 3.8) is 0 Å². The van der Waals surface area contributed by atoms with Crippen molar-refractivity contribution < 1.29 is 8.42 Å². The lowest BCUT2D eigenvalue weighted by Gasteiger charge is -2.28. The van der Waals surface area contributed by atoms with Gasteiger partial charge in [0, 0.05) is 63.4 Å². The summed E-state index contributed by atoms with van der Waals surface area (Å²) in [6.45, 7) is 4.60. The molecule has 2 aliphatic heterocycles. The fraction of sp³-hybridized carbons (Fsp3) is 0.500. The van der Waals surface area contributed by atoms with E-state index in [4.69, 9.17) is 0 Å². The standard InChI is InChI=1S/C18H23N5O2S/c1-26(24,25)18-20-11-15-13-22(9-6-16(15)21-18)12-14-4-5-17(19-10-14)23-7-2-3-8-23/h4-5,10-11H,2-3,6-9,12-13H2,1H3. The van der Waals surface area contributed by atoms with Crippen LogP contribution in [0.1, 0.15) is 29.7 Å². The molecule has 0 atom stereocenters. The molecule has 2 aliphatic rings. The van der Waals surface area contributed by atoms with Crippen LogP contribution >= 0.6 is 0 Å². The summed E-state index contributed by atoms with van der Waals surface area (Å²) in [5.74, 6) is 1.07. The molecule has 0 radical (unpaired) electrons. The molecule has 4 heterocycles. The van der Waals surface area contributed by atoms with Gasteiger partial charge in [-0.3, -0.25) is 4.90 Å². The van der Waals surface area contributed by atoms with Crippen molar-refractivity contribution in [3.8, 4) is 0 Å². The van der Waals surface area contributed by atoms with Crippen LogP contribution in [0.25, 0.3) is 0 Å². The lowest BCUT2D eigenvalue weighted by molar-refractivity contribution is 0.242. The van der Waals surface area contributed by atoms with Gasteiger partial charge in [-0.2, -0.15) is 0 Å². The Hall–Kier alpha value is -2.06. The predicted octanol–water partition coefficient (Wildman–Crippen LogP) is 1.43. The Labute approximate surface area is 154 Å². The number of nitrogens with zero attached hydrogens (tertiary/aromatic N) is 5. The Morgan fingerprint density at radius 3 is 2.58 bits per heavy atom. The molecule has 0 spiro atoms. The minimum atomic E-state index is -3.36. The summed E-state index contributed by atoms with van der Waals surface area (Å²) in [6, 6.07) is 4.26. The van der Waals surface area contributed by atoms with Crippen LogP contribution < -0.4 is 4.90 Å². The van der Waals surface area contributed by atoms with E-state index in [-0.39, 0.29) is 5.16 Å². The van der Waals surface area contributed by atoms with Gasteiger partial charge in [-0.25, -0.2) is 23.4 Å². The van der Waals surface area contributed by atoms with E-state index in [2.05, 4.69) is 36.9 Å². The van der Waals surface area contributed by atoms with E-state index < -0.39 is 9.84 Å². The molecule has 4 rings (SSSR count). The molecule has 138 valence electrons. The zero-order chi connectivity index (χ0) is 18.1. The maximum absolute atomic E-state index is 11.6. The highest BCUT2D eigenvalue weighted by molar-refractivity contribution is 7.90. The van der Waals surface area contributed by atoms with Gasteiger partial charge >= 0.3 is 0 Å². The number of anilines is 1. The van der Waals surface area contributed by atoms with Gasteiger partial charge in [0.2, 0.25) is 15.0 Å². The molecular formula is C18H23N5O2S. The van der Waals surface area contributed by atoms with Gasteiger partial charge < -0.3 is 4.90 Å². The van der Waals surface area contributed by atoms with Crippen molar-refractivity contribution in [2.45, 2.75) is 37.5 Å². The van der Waals surface area contributed by atoms with Crippen LogP contribution in [-0.2, 0) is 29.3 Å². The number of aromatic nitrogens is 3.